The Morgan fingerprint density at radius 1 is 1.25 bits per heavy atom. The summed E-state index contributed by atoms with van der Waals surface area (Å²) in [5.41, 5.74) is 2.57. The number of hydrogen-bond donors (Lipinski definition) is 2. The number of rotatable bonds is 2. The third-order valence-electron chi connectivity index (χ3n) is 3.52. The molecule has 0 radical (unpaired) electrons. The van der Waals surface area contributed by atoms with Crippen molar-refractivity contribution in [1.29, 1.82) is 0 Å². The first-order valence-corrected chi connectivity index (χ1v) is 6.41. The lowest BCUT2D eigenvalue weighted by Gasteiger charge is -2.11. The van der Waals surface area contributed by atoms with Crippen LogP contribution in [0.15, 0.2) is 29.4 Å². The van der Waals surface area contributed by atoms with Crippen LogP contribution >= 0.6 is 0 Å². The Balaban J connectivity index is 2.08. The molecule has 6 heteroatoms. The normalized spacial score (nSPS) is 16.1. The van der Waals surface area contributed by atoms with Gasteiger partial charge < -0.3 is 15.2 Å². The summed E-state index contributed by atoms with van der Waals surface area (Å²) in [6.07, 6.45) is 2.22. The van der Waals surface area contributed by atoms with E-state index in [1.54, 1.807) is 7.11 Å². The molecule has 20 heavy (non-hydrogen) atoms. The Hall–Kier alpha value is -2.50. The number of nitrogens with zero attached hydrogens (tertiary/aromatic N) is 3. The minimum atomic E-state index is 0.445. The monoisotopic (exact) mass is 273 g/mol. The summed E-state index contributed by atoms with van der Waals surface area (Å²) in [6, 6.07) is 7.28. The Kier molecular flexibility index (Phi) is 3.06. The molecule has 1 aliphatic carbocycles. The fourth-order valence-electron chi connectivity index (χ4n) is 2.47. The second-order valence-electron chi connectivity index (χ2n) is 4.67. The fourth-order valence-corrected chi connectivity index (χ4v) is 2.47. The van der Waals surface area contributed by atoms with Crippen LogP contribution in [0.1, 0.15) is 24.2 Å². The van der Waals surface area contributed by atoms with Crippen LogP contribution in [0.4, 0.5) is 0 Å². The number of benzene rings is 1. The molecule has 0 atom stereocenters. The molecule has 1 aromatic heterocycles. The lowest BCUT2D eigenvalue weighted by atomic mass is 9.99. The zero-order valence-corrected chi connectivity index (χ0v) is 11.1. The predicted molar refractivity (Wildman–Crippen MR) is 72.7 cm³/mol. The summed E-state index contributed by atoms with van der Waals surface area (Å²) in [5, 5.41) is 22.5. The molecule has 1 heterocycles. The molecule has 6 nitrogen and oxygen atoms in total. The SMILES string of the molecule is COc1ccc(-c2nc3c(n2O)CCC/C3=N/O)cc1. The van der Waals surface area contributed by atoms with Crippen LogP contribution in [0, 0.1) is 0 Å². The van der Waals surface area contributed by atoms with Gasteiger partial charge in [-0.3, -0.25) is 0 Å². The van der Waals surface area contributed by atoms with Crippen molar-refractivity contribution in [3.63, 3.8) is 0 Å². The van der Waals surface area contributed by atoms with E-state index in [0.29, 0.717) is 35.8 Å². The summed E-state index contributed by atoms with van der Waals surface area (Å²) >= 11 is 0. The number of methoxy groups -OCH3 is 1. The lowest BCUT2D eigenvalue weighted by molar-refractivity contribution is 0.181. The molecular weight excluding hydrogens is 258 g/mol. The van der Waals surface area contributed by atoms with Gasteiger partial charge in [-0.05, 0) is 43.5 Å². The zero-order chi connectivity index (χ0) is 14.1. The summed E-state index contributed by atoms with van der Waals surface area (Å²) in [4.78, 5) is 4.41. The van der Waals surface area contributed by atoms with E-state index in [-0.39, 0.29) is 0 Å². The molecule has 0 saturated heterocycles. The highest BCUT2D eigenvalue weighted by Crippen LogP contribution is 2.28. The first kappa shape index (κ1) is 12.5. The van der Waals surface area contributed by atoms with Crippen LogP contribution < -0.4 is 4.74 Å². The minimum absolute atomic E-state index is 0.445. The van der Waals surface area contributed by atoms with E-state index in [1.807, 2.05) is 24.3 Å². The first-order chi connectivity index (χ1) is 9.74. The molecular formula is C14H15N3O3. The van der Waals surface area contributed by atoms with Crippen molar-refractivity contribution < 1.29 is 15.2 Å². The van der Waals surface area contributed by atoms with E-state index >= 15 is 0 Å². The van der Waals surface area contributed by atoms with Crippen molar-refractivity contribution in [2.45, 2.75) is 19.3 Å². The molecule has 0 bridgehead atoms. The molecule has 0 aliphatic heterocycles. The molecule has 104 valence electrons. The van der Waals surface area contributed by atoms with E-state index in [0.717, 1.165) is 22.5 Å². The molecule has 0 saturated carbocycles. The van der Waals surface area contributed by atoms with Crippen LogP contribution in [0.5, 0.6) is 5.75 Å². The summed E-state index contributed by atoms with van der Waals surface area (Å²) in [7, 11) is 1.60. The molecule has 1 aromatic carbocycles. The number of oxime groups is 1. The fraction of sp³-hybridized carbons (Fsp3) is 0.286. The van der Waals surface area contributed by atoms with Gasteiger partial charge in [0.2, 0.25) is 0 Å². The van der Waals surface area contributed by atoms with Gasteiger partial charge in [-0.2, -0.15) is 4.73 Å². The first-order valence-electron chi connectivity index (χ1n) is 6.41. The van der Waals surface area contributed by atoms with Gasteiger partial charge >= 0.3 is 0 Å². The van der Waals surface area contributed by atoms with Gasteiger partial charge in [0, 0.05) is 5.56 Å². The van der Waals surface area contributed by atoms with Crippen LogP contribution in [0.2, 0.25) is 0 Å². The van der Waals surface area contributed by atoms with Crippen LogP contribution in [0.3, 0.4) is 0 Å². The third kappa shape index (κ3) is 1.89. The second-order valence-corrected chi connectivity index (χ2v) is 4.67. The average molecular weight is 273 g/mol. The third-order valence-corrected chi connectivity index (χ3v) is 3.52. The molecule has 0 amide bonds. The molecule has 0 spiro atoms. The molecule has 1 aliphatic rings. The van der Waals surface area contributed by atoms with E-state index in [9.17, 15) is 5.21 Å². The molecule has 3 rings (SSSR count). The molecule has 0 unspecified atom stereocenters. The van der Waals surface area contributed by atoms with Crippen molar-refractivity contribution in [3.8, 4) is 17.1 Å². The number of hydrogen-bond acceptors (Lipinski definition) is 5. The van der Waals surface area contributed by atoms with E-state index in [2.05, 4.69) is 10.1 Å². The quantitative estimate of drug-likeness (QED) is 0.500. The average Bonchev–Trinajstić information content (AvgIpc) is 2.85. The number of fused-ring (bicyclic) bond motifs is 1. The largest absolute Gasteiger partial charge is 0.497 e. The number of ether oxygens (including phenoxy) is 1. The molecule has 0 fully saturated rings. The Morgan fingerprint density at radius 2 is 2.00 bits per heavy atom. The topological polar surface area (TPSA) is 79.9 Å². The minimum Gasteiger partial charge on any atom is -0.497 e. The standard InChI is InChI=1S/C14H15N3O3/c1-20-10-7-5-9(6-8-10)14-15-13-11(16-18)3-2-4-12(13)17(14)19/h5-8,18-19H,2-4H2,1H3/b16-11-. The van der Waals surface area contributed by atoms with Crippen molar-refractivity contribution in [3.05, 3.63) is 35.7 Å². The predicted octanol–water partition coefficient (Wildman–Crippen LogP) is 2.31. The number of aromatic nitrogens is 2. The summed E-state index contributed by atoms with van der Waals surface area (Å²) in [5.74, 6) is 1.19. The van der Waals surface area contributed by atoms with Gasteiger partial charge in [-0.25, -0.2) is 4.98 Å². The Bertz CT molecular complexity index is 659. The Morgan fingerprint density at radius 3 is 2.65 bits per heavy atom. The van der Waals surface area contributed by atoms with Gasteiger partial charge in [-0.1, -0.05) is 5.16 Å². The highest BCUT2D eigenvalue weighted by molar-refractivity contribution is 6.00. The van der Waals surface area contributed by atoms with Crippen molar-refractivity contribution >= 4 is 5.71 Å². The van der Waals surface area contributed by atoms with Crippen molar-refractivity contribution in [1.82, 2.24) is 9.71 Å². The maximum Gasteiger partial charge on any atom is 0.176 e. The second kappa shape index (κ2) is 4.88. The maximum absolute atomic E-state index is 10.3. The maximum atomic E-state index is 10.3. The van der Waals surface area contributed by atoms with E-state index in [4.69, 9.17) is 9.94 Å². The number of imidazole rings is 1. The van der Waals surface area contributed by atoms with Crippen LogP contribution in [-0.4, -0.2) is 33.0 Å². The Labute approximate surface area is 115 Å². The van der Waals surface area contributed by atoms with Gasteiger partial charge in [0.15, 0.2) is 5.82 Å². The van der Waals surface area contributed by atoms with Crippen LogP contribution in [0.25, 0.3) is 11.4 Å². The van der Waals surface area contributed by atoms with Gasteiger partial charge in [0.05, 0.1) is 12.8 Å². The smallest absolute Gasteiger partial charge is 0.176 e. The summed E-state index contributed by atoms with van der Waals surface area (Å²) in [6.45, 7) is 0. The van der Waals surface area contributed by atoms with Gasteiger partial charge in [-0.15, -0.1) is 0 Å². The van der Waals surface area contributed by atoms with E-state index < -0.39 is 0 Å². The van der Waals surface area contributed by atoms with Gasteiger partial charge in [0.25, 0.3) is 0 Å². The van der Waals surface area contributed by atoms with Crippen molar-refractivity contribution in [2.24, 2.45) is 5.16 Å². The molecule has 2 aromatic rings. The van der Waals surface area contributed by atoms with Crippen LogP contribution in [-0.2, 0) is 6.42 Å². The highest BCUT2D eigenvalue weighted by atomic mass is 16.5. The highest BCUT2D eigenvalue weighted by Gasteiger charge is 2.25. The van der Waals surface area contributed by atoms with Crippen molar-refractivity contribution in [2.75, 3.05) is 7.11 Å². The zero-order valence-electron chi connectivity index (χ0n) is 11.1. The summed E-state index contributed by atoms with van der Waals surface area (Å²) < 4.78 is 6.19. The molecule has 2 N–H and O–H groups in total. The van der Waals surface area contributed by atoms with Gasteiger partial charge in [0.1, 0.15) is 17.2 Å². The lowest BCUT2D eigenvalue weighted by Crippen LogP contribution is -2.13. The van der Waals surface area contributed by atoms with E-state index in [1.165, 1.54) is 0 Å².